The minimum Gasteiger partial charge on any atom is -0.477 e. The van der Waals surface area contributed by atoms with Gasteiger partial charge in [-0.3, -0.25) is 19.8 Å². The van der Waals surface area contributed by atoms with E-state index in [1.54, 1.807) is 25.2 Å². The largest absolute Gasteiger partial charge is 0.477 e. The summed E-state index contributed by atoms with van der Waals surface area (Å²) in [6.45, 7) is 0. The van der Waals surface area contributed by atoms with Gasteiger partial charge >= 0.3 is 18.0 Å². The third kappa shape index (κ3) is 5.67. The first-order valence-corrected chi connectivity index (χ1v) is 12.7. The molecule has 2 unspecified atom stereocenters. The molecule has 6 N–H and O–H groups in total. The Morgan fingerprint density at radius 1 is 1.27 bits per heavy atom. The van der Waals surface area contributed by atoms with Crippen LogP contribution >= 0.6 is 23.5 Å². The SMILES string of the molecule is Cn1nnnc1SCC1=C(C(=O)O)N2C(=O)C(NC(=O)Cc3ccccc3NC(=O)NC(N)=O)C2SC1. The maximum Gasteiger partial charge on any atom is 0.352 e. The predicted molar refractivity (Wildman–Crippen MR) is 131 cm³/mol. The monoisotopic (exact) mass is 547 g/mol. The van der Waals surface area contributed by atoms with Crippen LogP contribution < -0.4 is 21.7 Å². The van der Waals surface area contributed by atoms with Gasteiger partial charge in [-0.1, -0.05) is 30.0 Å². The molecule has 0 radical (unpaired) electrons. The average molecular weight is 548 g/mol. The van der Waals surface area contributed by atoms with E-state index in [4.69, 9.17) is 5.73 Å². The Hall–Kier alpha value is -4.12. The Morgan fingerprint density at radius 2 is 2.03 bits per heavy atom. The van der Waals surface area contributed by atoms with Crippen LogP contribution in [0.3, 0.4) is 0 Å². The van der Waals surface area contributed by atoms with Gasteiger partial charge in [-0.15, -0.1) is 16.9 Å². The lowest BCUT2D eigenvalue weighted by Crippen LogP contribution is -2.70. The van der Waals surface area contributed by atoms with Crippen molar-refractivity contribution in [2.45, 2.75) is 23.0 Å². The number of urea groups is 2. The number of nitrogens with two attached hydrogens (primary N) is 1. The van der Waals surface area contributed by atoms with E-state index in [0.29, 0.717) is 22.0 Å². The summed E-state index contributed by atoms with van der Waals surface area (Å²) in [7, 11) is 1.66. The first-order chi connectivity index (χ1) is 17.7. The second-order valence-corrected chi connectivity index (χ2v) is 9.91. The fraction of sp³-hybridized carbons (Fsp3) is 0.300. The summed E-state index contributed by atoms with van der Waals surface area (Å²) in [4.78, 5) is 61.5. The Morgan fingerprint density at radius 3 is 2.70 bits per heavy atom. The summed E-state index contributed by atoms with van der Waals surface area (Å²) < 4.78 is 1.46. The first-order valence-electron chi connectivity index (χ1n) is 10.7. The highest BCUT2D eigenvalue weighted by atomic mass is 32.2. The van der Waals surface area contributed by atoms with Gasteiger partial charge < -0.3 is 21.5 Å². The molecule has 37 heavy (non-hydrogen) atoms. The number of amides is 6. The number of rotatable bonds is 8. The van der Waals surface area contributed by atoms with Crippen molar-refractivity contribution in [1.29, 1.82) is 0 Å². The molecule has 1 fully saturated rings. The van der Waals surface area contributed by atoms with Crippen molar-refractivity contribution < 1.29 is 29.1 Å². The van der Waals surface area contributed by atoms with Crippen molar-refractivity contribution in [3.05, 3.63) is 41.1 Å². The highest BCUT2D eigenvalue weighted by molar-refractivity contribution is 8.01. The molecule has 1 saturated heterocycles. The molecule has 6 amide bonds. The van der Waals surface area contributed by atoms with Crippen molar-refractivity contribution in [3.8, 4) is 0 Å². The number of tetrazole rings is 1. The molecule has 194 valence electrons. The number of carbonyl (C=O) groups excluding carboxylic acids is 4. The molecular formula is C20H21N9O6S2. The number of carbonyl (C=O) groups is 5. The summed E-state index contributed by atoms with van der Waals surface area (Å²) in [5, 5.41) is 27.8. The van der Waals surface area contributed by atoms with Crippen molar-refractivity contribution in [2.24, 2.45) is 12.8 Å². The number of benzene rings is 1. The zero-order valence-electron chi connectivity index (χ0n) is 19.2. The van der Waals surface area contributed by atoms with E-state index in [2.05, 4.69) is 26.2 Å². The number of anilines is 1. The molecule has 2 aliphatic heterocycles. The molecule has 1 aromatic heterocycles. The predicted octanol–water partition coefficient (Wildman–Crippen LogP) is -0.516. The number of aromatic nitrogens is 4. The van der Waals surface area contributed by atoms with E-state index in [0.717, 1.165) is 0 Å². The molecule has 17 heteroatoms. The number of aliphatic carboxylic acids is 1. The summed E-state index contributed by atoms with van der Waals surface area (Å²) in [6.07, 6.45) is -0.177. The number of hydrogen-bond acceptors (Lipinski definition) is 10. The molecular weight excluding hydrogens is 526 g/mol. The second-order valence-electron chi connectivity index (χ2n) is 7.86. The van der Waals surface area contributed by atoms with E-state index in [1.807, 2.05) is 5.32 Å². The molecule has 0 spiro atoms. The van der Waals surface area contributed by atoms with E-state index < -0.39 is 41.3 Å². The number of β-lactam (4-membered cyclic amide) rings is 1. The maximum absolute atomic E-state index is 12.9. The molecule has 3 heterocycles. The van der Waals surface area contributed by atoms with E-state index in [-0.39, 0.29) is 23.6 Å². The highest BCUT2D eigenvalue weighted by Crippen LogP contribution is 2.41. The molecule has 0 bridgehead atoms. The number of para-hydroxylation sites is 1. The maximum atomic E-state index is 12.9. The fourth-order valence-electron chi connectivity index (χ4n) is 3.75. The molecule has 2 atom stereocenters. The van der Waals surface area contributed by atoms with Crippen LogP contribution in [-0.2, 0) is 27.9 Å². The van der Waals surface area contributed by atoms with Crippen molar-refractivity contribution >= 4 is 59.1 Å². The van der Waals surface area contributed by atoms with Crippen LogP contribution in [0.1, 0.15) is 5.56 Å². The zero-order valence-corrected chi connectivity index (χ0v) is 20.8. The second kappa shape index (κ2) is 10.9. The van der Waals surface area contributed by atoms with Crippen molar-refractivity contribution in [1.82, 2.24) is 35.7 Å². The molecule has 1 aromatic carbocycles. The fourth-order valence-corrected chi connectivity index (χ4v) is 6.08. The lowest BCUT2D eigenvalue weighted by molar-refractivity contribution is -0.150. The molecule has 4 rings (SSSR count). The topological polar surface area (TPSA) is 215 Å². The zero-order chi connectivity index (χ0) is 26.7. The number of carboxylic acids is 1. The number of hydrogen-bond donors (Lipinski definition) is 5. The average Bonchev–Trinajstić information content (AvgIpc) is 3.25. The number of nitrogens with one attached hydrogen (secondary N) is 3. The van der Waals surface area contributed by atoms with Crippen molar-refractivity contribution in [2.75, 3.05) is 16.8 Å². The first kappa shape index (κ1) is 26.0. The highest BCUT2D eigenvalue weighted by Gasteiger charge is 2.54. The smallest absolute Gasteiger partial charge is 0.352 e. The van der Waals surface area contributed by atoms with Gasteiger partial charge in [0.05, 0.1) is 6.42 Å². The summed E-state index contributed by atoms with van der Waals surface area (Å²) >= 11 is 2.61. The van der Waals surface area contributed by atoms with E-state index in [1.165, 1.54) is 39.2 Å². The lowest BCUT2D eigenvalue weighted by atomic mass is 10.0. The van der Waals surface area contributed by atoms with Gasteiger partial charge in [-0.05, 0) is 27.6 Å². The van der Waals surface area contributed by atoms with Gasteiger partial charge in [-0.2, -0.15) is 0 Å². The van der Waals surface area contributed by atoms with E-state index in [9.17, 15) is 29.1 Å². The van der Waals surface area contributed by atoms with Crippen LogP contribution in [0.2, 0.25) is 0 Å². The number of imide groups is 1. The standard InChI is InChI=1S/C20H21N9O6S2/c1-28-20(25-26-27-28)37-8-10-7-36-16-13(15(31)29(16)14(10)17(32)33)23-12(30)6-9-4-2-3-5-11(9)22-19(35)24-18(21)34/h2-5,13,16H,6-8H2,1H3,(H,23,30)(H,32,33)(H4,21,22,24,34,35). The van der Waals surface area contributed by atoms with Gasteiger partial charge in [0.25, 0.3) is 5.91 Å². The Bertz CT molecular complexity index is 1310. The summed E-state index contributed by atoms with van der Waals surface area (Å²) in [5.41, 5.74) is 6.09. The molecule has 0 aliphatic carbocycles. The van der Waals surface area contributed by atoms with Gasteiger partial charge in [0.2, 0.25) is 11.1 Å². The summed E-state index contributed by atoms with van der Waals surface area (Å²) in [6, 6.07) is 3.64. The van der Waals surface area contributed by atoms with Crippen LogP contribution in [0.25, 0.3) is 0 Å². The number of aryl methyl sites for hydroxylation is 1. The number of thioether (sulfide) groups is 2. The quantitative estimate of drug-likeness (QED) is 0.209. The van der Waals surface area contributed by atoms with Crippen LogP contribution in [0.15, 0.2) is 40.7 Å². The normalized spacial score (nSPS) is 18.5. The molecule has 2 aromatic rings. The number of nitrogens with zero attached hydrogens (tertiary/aromatic N) is 5. The van der Waals surface area contributed by atoms with E-state index >= 15 is 0 Å². The van der Waals surface area contributed by atoms with Crippen LogP contribution in [0, 0.1) is 0 Å². The Labute approximate surface area is 217 Å². The van der Waals surface area contributed by atoms with Gasteiger partial charge in [0, 0.05) is 24.2 Å². The van der Waals surface area contributed by atoms with Crippen LogP contribution in [-0.4, -0.2) is 83.0 Å². The van der Waals surface area contributed by atoms with Crippen molar-refractivity contribution in [3.63, 3.8) is 0 Å². The molecule has 15 nitrogen and oxygen atoms in total. The molecule has 0 saturated carbocycles. The van der Waals surface area contributed by atoms with Gasteiger partial charge in [0.1, 0.15) is 17.1 Å². The van der Waals surface area contributed by atoms with Gasteiger partial charge in [0.15, 0.2) is 0 Å². The molecule has 2 aliphatic rings. The Balaban J connectivity index is 1.41. The third-order valence-corrected chi connectivity index (χ3v) is 7.81. The number of carboxylic acid groups (broad SMARTS) is 1. The van der Waals surface area contributed by atoms with Gasteiger partial charge in [-0.25, -0.2) is 19.1 Å². The minimum atomic E-state index is -1.23. The minimum absolute atomic E-state index is 0.100. The Kier molecular flexibility index (Phi) is 7.63. The lowest BCUT2D eigenvalue weighted by Gasteiger charge is -2.49. The van der Waals surface area contributed by atoms with Crippen LogP contribution in [0.5, 0.6) is 0 Å². The number of primary amides is 1. The number of fused-ring (bicyclic) bond motifs is 1. The third-order valence-electron chi connectivity index (χ3n) is 5.38. The summed E-state index contributed by atoms with van der Waals surface area (Å²) in [5.74, 6) is -1.63. The van der Waals surface area contributed by atoms with Crippen LogP contribution in [0.4, 0.5) is 15.3 Å².